The van der Waals surface area contributed by atoms with Crippen molar-refractivity contribution in [2.45, 2.75) is 38.8 Å². The number of aromatic nitrogens is 4. The third-order valence-corrected chi connectivity index (χ3v) is 5.06. The Morgan fingerprint density at radius 2 is 2.04 bits per heavy atom. The molecule has 0 bridgehead atoms. The summed E-state index contributed by atoms with van der Waals surface area (Å²) in [6.45, 7) is 6.06. The number of H-pyrrole nitrogens is 1. The zero-order valence-corrected chi connectivity index (χ0v) is 16.4. The van der Waals surface area contributed by atoms with Crippen LogP contribution in [0.4, 0.5) is 0 Å². The van der Waals surface area contributed by atoms with Gasteiger partial charge in [-0.2, -0.15) is 0 Å². The molecule has 3 rings (SSSR count). The molecular formula is C20H22N4O2S. The first kappa shape index (κ1) is 19.0. The lowest BCUT2D eigenvalue weighted by molar-refractivity contribution is -0.131. The van der Waals surface area contributed by atoms with Gasteiger partial charge in [0.05, 0.1) is 0 Å². The van der Waals surface area contributed by atoms with E-state index in [0.29, 0.717) is 5.16 Å². The number of rotatable bonds is 7. The molecule has 2 N–H and O–H groups in total. The van der Waals surface area contributed by atoms with Gasteiger partial charge in [-0.15, -0.1) is 5.10 Å². The highest BCUT2D eigenvalue weighted by Crippen LogP contribution is 2.29. The third-order valence-electron chi connectivity index (χ3n) is 4.18. The Kier molecular flexibility index (Phi) is 5.81. The molecule has 2 heterocycles. The van der Waals surface area contributed by atoms with Crippen LogP contribution in [0.3, 0.4) is 0 Å². The van der Waals surface area contributed by atoms with E-state index < -0.39 is 5.97 Å². The van der Waals surface area contributed by atoms with Gasteiger partial charge in [-0.3, -0.25) is 5.10 Å². The molecule has 27 heavy (non-hydrogen) atoms. The second kappa shape index (κ2) is 8.26. The van der Waals surface area contributed by atoms with Crippen molar-refractivity contribution in [2.24, 2.45) is 0 Å². The van der Waals surface area contributed by atoms with Crippen molar-refractivity contribution in [1.29, 1.82) is 0 Å². The molecule has 0 atom stereocenters. The van der Waals surface area contributed by atoms with E-state index in [1.807, 2.05) is 50.2 Å². The summed E-state index contributed by atoms with van der Waals surface area (Å²) in [5.41, 5.74) is 3.95. The van der Waals surface area contributed by atoms with Crippen molar-refractivity contribution >= 4 is 23.8 Å². The van der Waals surface area contributed by atoms with E-state index in [-0.39, 0.29) is 4.91 Å². The molecule has 1 aromatic carbocycles. The number of nitrogens with one attached hydrogen (secondary N) is 1. The van der Waals surface area contributed by atoms with Gasteiger partial charge >= 0.3 is 5.97 Å². The lowest BCUT2D eigenvalue weighted by Gasteiger charge is -2.09. The highest BCUT2D eigenvalue weighted by atomic mass is 32.2. The normalized spacial score (nSPS) is 11.7. The average molecular weight is 382 g/mol. The van der Waals surface area contributed by atoms with Crippen LogP contribution in [-0.4, -0.2) is 30.8 Å². The molecule has 3 aromatic rings. The lowest BCUT2D eigenvalue weighted by Crippen LogP contribution is -1.99. The van der Waals surface area contributed by atoms with Crippen molar-refractivity contribution in [3.63, 3.8) is 0 Å². The van der Waals surface area contributed by atoms with Crippen molar-refractivity contribution in [1.82, 2.24) is 19.7 Å². The Morgan fingerprint density at radius 1 is 1.30 bits per heavy atom. The average Bonchev–Trinajstić information content (AvgIpc) is 3.19. The molecule has 0 aliphatic carbocycles. The smallest absolute Gasteiger partial charge is 0.342 e. The molecule has 0 unspecified atom stereocenters. The fraction of sp³-hybridized carbons (Fsp3) is 0.250. The number of carboxylic acid groups (broad SMARTS) is 1. The molecule has 0 saturated heterocycles. The van der Waals surface area contributed by atoms with Gasteiger partial charge in [0.25, 0.3) is 0 Å². The van der Waals surface area contributed by atoms with Gasteiger partial charge in [-0.05, 0) is 61.9 Å². The first-order chi connectivity index (χ1) is 13.0. The maximum absolute atomic E-state index is 11.8. The first-order valence-corrected chi connectivity index (χ1v) is 9.59. The van der Waals surface area contributed by atoms with Crippen molar-refractivity contribution < 1.29 is 9.90 Å². The predicted octanol–water partition coefficient (Wildman–Crippen LogP) is 4.38. The number of carboxylic acids is 1. The predicted molar refractivity (Wildman–Crippen MR) is 107 cm³/mol. The van der Waals surface area contributed by atoms with E-state index in [1.165, 1.54) is 0 Å². The van der Waals surface area contributed by atoms with Gasteiger partial charge in [0, 0.05) is 23.5 Å². The van der Waals surface area contributed by atoms with Crippen LogP contribution < -0.4 is 0 Å². The van der Waals surface area contributed by atoms with Crippen LogP contribution in [0, 0.1) is 13.8 Å². The quantitative estimate of drug-likeness (QED) is 0.468. The number of thioether (sulfide) groups is 1. The molecule has 6 nitrogen and oxygen atoms in total. The Hall–Kier alpha value is -2.80. The van der Waals surface area contributed by atoms with Gasteiger partial charge in [0.2, 0.25) is 5.16 Å². The molecule has 0 radical (unpaired) electrons. The zero-order chi connectivity index (χ0) is 19.4. The van der Waals surface area contributed by atoms with Gasteiger partial charge in [-0.1, -0.05) is 25.1 Å². The zero-order valence-electron chi connectivity index (χ0n) is 15.6. The molecule has 7 heteroatoms. The fourth-order valence-corrected chi connectivity index (χ4v) is 3.67. The summed E-state index contributed by atoms with van der Waals surface area (Å²) in [5, 5.41) is 17.0. The van der Waals surface area contributed by atoms with Crippen LogP contribution in [0.5, 0.6) is 0 Å². The minimum Gasteiger partial charge on any atom is -0.477 e. The topological polar surface area (TPSA) is 83.8 Å². The van der Waals surface area contributed by atoms with Crippen molar-refractivity contribution in [3.05, 3.63) is 64.1 Å². The number of carbonyl (C=O) groups is 1. The SMILES string of the molecule is CCCc1nc(S/C(=C\c2cc(C)n(-c3ccccc3)c2C)C(=O)O)n[nH]1. The van der Waals surface area contributed by atoms with Crippen LogP contribution in [0.15, 0.2) is 46.5 Å². The van der Waals surface area contributed by atoms with Crippen LogP contribution in [0.1, 0.15) is 36.1 Å². The molecule has 0 saturated carbocycles. The summed E-state index contributed by atoms with van der Waals surface area (Å²) in [4.78, 5) is 16.3. The van der Waals surface area contributed by atoms with Gasteiger partial charge in [-0.25, -0.2) is 9.78 Å². The number of aryl methyl sites for hydroxylation is 2. The number of hydrogen-bond donors (Lipinski definition) is 2. The summed E-state index contributed by atoms with van der Waals surface area (Å²) in [6.07, 6.45) is 3.43. The molecule has 2 aromatic heterocycles. The van der Waals surface area contributed by atoms with Crippen LogP contribution in [-0.2, 0) is 11.2 Å². The van der Waals surface area contributed by atoms with E-state index in [2.05, 4.69) is 26.7 Å². The lowest BCUT2D eigenvalue weighted by atomic mass is 10.2. The number of aromatic amines is 1. The molecule has 0 amide bonds. The number of para-hydroxylation sites is 1. The standard InChI is InChI=1S/C20H22N4O2S/c1-4-8-18-21-20(23-22-18)27-17(19(25)26)12-15-11-13(2)24(14(15)3)16-9-6-5-7-10-16/h5-7,9-12H,4,8H2,1-3H3,(H,25,26)(H,21,22,23)/b17-12-. The first-order valence-electron chi connectivity index (χ1n) is 8.78. The third kappa shape index (κ3) is 4.31. The monoisotopic (exact) mass is 382 g/mol. The van der Waals surface area contributed by atoms with Crippen LogP contribution in [0.25, 0.3) is 11.8 Å². The van der Waals surface area contributed by atoms with Crippen molar-refractivity contribution in [2.75, 3.05) is 0 Å². The summed E-state index contributed by atoms with van der Waals surface area (Å²) in [6, 6.07) is 12.0. The summed E-state index contributed by atoms with van der Waals surface area (Å²) in [5.74, 6) is -0.224. The molecule has 0 fully saturated rings. The molecular weight excluding hydrogens is 360 g/mol. The van der Waals surface area contributed by atoms with Gasteiger partial charge < -0.3 is 9.67 Å². The molecule has 140 valence electrons. The van der Waals surface area contributed by atoms with E-state index >= 15 is 0 Å². The fourth-order valence-electron chi connectivity index (χ4n) is 2.95. The Balaban J connectivity index is 1.93. The van der Waals surface area contributed by atoms with E-state index in [9.17, 15) is 9.90 Å². The summed E-state index contributed by atoms with van der Waals surface area (Å²) < 4.78 is 2.11. The number of aliphatic carboxylic acids is 1. The number of hydrogen-bond acceptors (Lipinski definition) is 4. The second-order valence-electron chi connectivity index (χ2n) is 6.23. The van der Waals surface area contributed by atoms with E-state index in [4.69, 9.17) is 0 Å². The Bertz CT molecular complexity index is 973. The maximum atomic E-state index is 11.8. The maximum Gasteiger partial charge on any atom is 0.342 e. The summed E-state index contributed by atoms with van der Waals surface area (Å²) >= 11 is 1.06. The Morgan fingerprint density at radius 3 is 2.70 bits per heavy atom. The van der Waals surface area contributed by atoms with E-state index in [0.717, 1.165) is 53.1 Å². The molecule has 0 aliphatic rings. The highest BCUT2D eigenvalue weighted by Gasteiger charge is 2.16. The van der Waals surface area contributed by atoms with E-state index in [1.54, 1.807) is 6.08 Å². The summed E-state index contributed by atoms with van der Waals surface area (Å²) in [7, 11) is 0. The highest BCUT2D eigenvalue weighted by molar-refractivity contribution is 8.04. The van der Waals surface area contributed by atoms with Gasteiger partial charge in [0.1, 0.15) is 10.7 Å². The van der Waals surface area contributed by atoms with Gasteiger partial charge in [0.15, 0.2) is 0 Å². The number of benzene rings is 1. The Labute approximate surface area is 162 Å². The minimum absolute atomic E-state index is 0.186. The molecule has 0 aliphatic heterocycles. The largest absolute Gasteiger partial charge is 0.477 e. The second-order valence-corrected chi connectivity index (χ2v) is 7.24. The van der Waals surface area contributed by atoms with Crippen molar-refractivity contribution in [3.8, 4) is 5.69 Å². The van der Waals surface area contributed by atoms with Crippen LogP contribution >= 0.6 is 11.8 Å². The number of nitrogens with zero attached hydrogens (tertiary/aromatic N) is 3. The minimum atomic E-state index is -0.994. The van der Waals surface area contributed by atoms with Crippen LogP contribution in [0.2, 0.25) is 0 Å². The molecule has 0 spiro atoms.